The average molecular weight is 451 g/mol. The van der Waals surface area contributed by atoms with Gasteiger partial charge in [0.15, 0.2) is 0 Å². The maximum atomic E-state index is 12.1. The van der Waals surface area contributed by atoms with Gasteiger partial charge in [0.1, 0.15) is 0 Å². The van der Waals surface area contributed by atoms with E-state index in [4.69, 9.17) is 23.2 Å². The first kappa shape index (κ1) is 22.8. The molecule has 3 nitrogen and oxygen atoms in total. The van der Waals surface area contributed by atoms with Gasteiger partial charge in [-0.25, -0.2) is 0 Å². The third kappa shape index (κ3) is 7.71. The van der Waals surface area contributed by atoms with Crippen molar-refractivity contribution in [1.29, 1.82) is 0 Å². The van der Waals surface area contributed by atoms with Crippen LogP contribution in [0.2, 0.25) is 10.0 Å². The highest BCUT2D eigenvalue weighted by molar-refractivity contribution is 6.31. The number of carbonyl (C=O) groups excluding carboxylic acids is 1. The minimum atomic E-state index is -0.107. The number of unbranched alkanes of at least 4 members (excludes halogenated alkanes) is 1. The van der Waals surface area contributed by atoms with Crippen molar-refractivity contribution in [2.75, 3.05) is 6.54 Å². The van der Waals surface area contributed by atoms with E-state index in [9.17, 15) is 4.79 Å². The summed E-state index contributed by atoms with van der Waals surface area (Å²) in [5, 5.41) is 4.29. The van der Waals surface area contributed by atoms with Gasteiger partial charge in [-0.1, -0.05) is 65.7 Å². The first-order chi connectivity index (χ1) is 15.1. The molecule has 0 aliphatic carbocycles. The SMILES string of the molecule is O=C(/C=C/C=C(c1ccc(Cl)cc1)c1ccc(Cl)cc1)NCCCCc1cccnc1. The van der Waals surface area contributed by atoms with E-state index in [-0.39, 0.29) is 5.91 Å². The van der Waals surface area contributed by atoms with E-state index < -0.39 is 0 Å². The van der Waals surface area contributed by atoms with E-state index in [1.165, 1.54) is 5.56 Å². The molecule has 0 bridgehead atoms. The summed E-state index contributed by atoms with van der Waals surface area (Å²) in [4.78, 5) is 16.3. The predicted octanol–water partition coefficient (Wildman–Crippen LogP) is 6.52. The third-order valence-electron chi connectivity index (χ3n) is 4.74. The molecule has 0 fully saturated rings. The Kier molecular flexibility index (Phi) is 8.89. The van der Waals surface area contributed by atoms with Crippen molar-refractivity contribution in [3.05, 3.63) is 118 Å². The number of amides is 1. The molecular weight excluding hydrogens is 427 g/mol. The van der Waals surface area contributed by atoms with Crippen LogP contribution in [0.1, 0.15) is 29.5 Å². The summed E-state index contributed by atoms with van der Waals surface area (Å²) >= 11 is 12.1. The quantitative estimate of drug-likeness (QED) is 0.229. The van der Waals surface area contributed by atoms with E-state index in [2.05, 4.69) is 16.4 Å². The number of pyridine rings is 1. The first-order valence-corrected chi connectivity index (χ1v) is 10.9. The van der Waals surface area contributed by atoms with E-state index in [1.807, 2.05) is 66.9 Å². The molecule has 0 radical (unpaired) electrons. The van der Waals surface area contributed by atoms with Gasteiger partial charge in [0.05, 0.1) is 0 Å². The number of allylic oxidation sites excluding steroid dienone is 2. The molecule has 2 aromatic carbocycles. The van der Waals surface area contributed by atoms with Crippen molar-refractivity contribution in [3.63, 3.8) is 0 Å². The van der Waals surface area contributed by atoms with Gasteiger partial charge >= 0.3 is 0 Å². The smallest absolute Gasteiger partial charge is 0.243 e. The summed E-state index contributed by atoms with van der Waals surface area (Å²) in [6.45, 7) is 0.647. The van der Waals surface area contributed by atoms with Gasteiger partial charge in [-0.3, -0.25) is 9.78 Å². The number of hydrogen-bond acceptors (Lipinski definition) is 2. The van der Waals surface area contributed by atoms with Crippen LogP contribution >= 0.6 is 23.2 Å². The van der Waals surface area contributed by atoms with Crippen LogP contribution in [0.3, 0.4) is 0 Å². The van der Waals surface area contributed by atoms with Crippen molar-refractivity contribution in [2.24, 2.45) is 0 Å². The molecular formula is C26H24Cl2N2O. The topological polar surface area (TPSA) is 42.0 Å². The van der Waals surface area contributed by atoms with Crippen LogP contribution in [0.4, 0.5) is 0 Å². The number of halogens is 2. The second-order valence-corrected chi connectivity index (χ2v) is 7.94. The molecule has 0 aliphatic rings. The maximum Gasteiger partial charge on any atom is 0.243 e. The van der Waals surface area contributed by atoms with Crippen LogP contribution in [-0.4, -0.2) is 17.4 Å². The number of aromatic nitrogens is 1. The Bertz CT molecular complexity index is 980. The Morgan fingerprint density at radius 1 is 0.903 bits per heavy atom. The number of nitrogens with one attached hydrogen (secondary N) is 1. The lowest BCUT2D eigenvalue weighted by Crippen LogP contribution is -2.22. The molecule has 3 rings (SSSR count). The summed E-state index contributed by atoms with van der Waals surface area (Å²) < 4.78 is 0. The molecule has 0 saturated heterocycles. The Balaban J connectivity index is 1.56. The minimum absolute atomic E-state index is 0.107. The lowest BCUT2D eigenvalue weighted by molar-refractivity contribution is -0.116. The zero-order valence-electron chi connectivity index (χ0n) is 17.1. The number of nitrogens with zero attached hydrogens (tertiary/aromatic N) is 1. The molecule has 0 aliphatic heterocycles. The number of carbonyl (C=O) groups is 1. The second-order valence-electron chi connectivity index (χ2n) is 7.06. The fourth-order valence-corrected chi connectivity index (χ4v) is 3.37. The highest BCUT2D eigenvalue weighted by Gasteiger charge is 2.05. The van der Waals surface area contributed by atoms with Crippen LogP contribution < -0.4 is 5.32 Å². The highest BCUT2D eigenvalue weighted by Crippen LogP contribution is 2.26. The predicted molar refractivity (Wildman–Crippen MR) is 129 cm³/mol. The average Bonchev–Trinajstić information content (AvgIpc) is 2.79. The normalized spacial score (nSPS) is 10.8. The van der Waals surface area contributed by atoms with E-state index >= 15 is 0 Å². The minimum Gasteiger partial charge on any atom is -0.353 e. The lowest BCUT2D eigenvalue weighted by Gasteiger charge is -2.08. The molecule has 3 aromatic rings. The van der Waals surface area contributed by atoms with Crippen LogP contribution in [0.15, 0.2) is 91.3 Å². The van der Waals surface area contributed by atoms with Crippen molar-refractivity contribution in [2.45, 2.75) is 19.3 Å². The van der Waals surface area contributed by atoms with Crippen LogP contribution in [-0.2, 0) is 11.2 Å². The molecule has 1 heterocycles. The lowest BCUT2D eigenvalue weighted by atomic mass is 9.97. The highest BCUT2D eigenvalue weighted by atomic mass is 35.5. The number of aryl methyl sites for hydroxylation is 1. The summed E-state index contributed by atoms with van der Waals surface area (Å²) in [6.07, 6.45) is 11.8. The van der Waals surface area contributed by atoms with Gasteiger partial charge in [-0.05, 0) is 71.9 Å². The van der Waals surface area contributed by atoms with Crippen LogP contribution in [0.25, 0.3) is 5.57 Å². The molecule has 31 heavy (non-hydrogen) atoms. The standard InChI is InChI=1S/C26H24Cl2N2O/c27-23-13-9-21(10-14-23)25(22-11-15-24(28)16-12-22)7-3-8-26(31)30-18-2-1-5-20-6-4-17-29-19-20/h3-4,6-17,19H,1-2,5,18H2,(H,30,31)/b8-3+. The molecule has 5 heteroatoms. The fourth-order valence-electron chi connectivity index (χ4n) is 3.12. The molecule has 0 atom stereocenters. The number of rotatable bonds is 9. The van der Waals surface area contributed by atoms with E-state index in [0.717, 1.165) is 36.0 Å². The van der Waals surface area contributed by atoms with Crippen LogP contribution in [0, 0.1) is 0 Å². The van der Waals surface area contributed by atoms with Gasteiger partial charge < -0.3 is 5.32 Å². The summed E-state index contributed by atoms with van der Waals surface area (Å²) in [5.41, 5.74) is 4.21. The summed E-state index contributed by atoms with van der Waals surface area (Å²) in [5.74, 6) is -0.107. The molecule has 0 unspecified atom stereocenters. The molecule has 0 spiro atoms. The fraction of sp³-hybridized carbons (Fsp3) is 0.154. The monoisotopic (exact) mass is 450 g/mol. The Hall–Kier alpha value is -2.88. The number of benzene rings is 2. The Labute approximate surface area is 193 Å². The van der Waals surface area contributed by atoms with Crippen LogP contribution in [0.5, 0.6) is 0 Å². The van der Waals surface area contributed by atoms with Crippen molar-refractivity contribution >= 4 is 34.7 Å². The zero-order chi connectivity index (χ0) is 21.9. The zero-order valence-corrected chi connectivity index (χ0v) is 18.6. The molecule has 1 N–H and O–H groups in total. The van der Waals surface area contributed by atoms with E-state index in [1.54, 1.807) is 18.3 Å². The van der Waals surface area contributed by atoms with Gasteiger partial charge in [-0.15, -0.1) is 0 Å². The molecule has 1 amide bonds. The van der Waals surface area contributed by atoms with E-state index in [0.29, 0.717) is 16.6 Å². The molecule has 1 aromatic heterocycles. The molecule has 158 valence electrons. The van der Waals surface area contributed by atoms with Gasteiger partial charge in [0, 0.05) is 35.1 Å². The summed E-state index contributed by atoms with van der Waals surface area (Å²) in [6, 6.07) is 19.2. The van der Waals surface area contributed by atoms with Crippen molar-refractivity contribution in [1.82, 2.24) is 10.3 Å². The van der Waals surface area contributed by atoms with Crippen molar-refractivity contribution in [3.8, 4) is 0 Å². The maximum absolute atomic E-state index is 12.1. The van der Waals surface area contributed by atoms with Gasteiger partial charge in [-0.2, -0.15) is 0 Å². The first-order valence-electron chi connectivity index (χ1n) is 10.2. The van der Waals surface area contributed by atoms with Crippen molar-refractivity contribution < 1.29 is 4.79 Å². The second kappa shape index (κ2) is 12.1. The summed E-state index contributed by atoms with van der Waals surface area (Å²) in [7, 11) is 0. The largest absolute Gasteiger partial charge is 0.353 e. The van der Waals surface area contributed by atoms with Gasteiger partial charge in [0.25, 0.3) is 0 Å². The Morgan fingerprint density at radius 3 is 2.13 bits per heavy atom. The Morgan fingerprint density at radius 2 is 1.55 bits per heavy atom. The third-order valence-corrected chi connectivity index (χ3v) is 5.24. The number of hydrogen-bond donors (Lipinski definition) is 1. The van der Waals surface area contributed by atoms with Gasteiger partial charge in [0.2, 0.25) is 5.91 Å². The molecule has 0 saturated carbocycles.